The van der Waals surface area contributed by atoms with Crippen LogP contribution < -0.4 is 5.73 Å². The number of hydrogen-bond donors (Lipinski definition) is 1. The highest BCUT2D eigenvalue weighted by Gasteiger charge is 2.13. The molecule has 0 saturated heterocycles. The zero-order valence-electron chi connectivity index (χ0n) is 8.95. The van der Waals surface area contributed by atoms with E-state index in [0.717, 1.165) is 23.2 Å². The van der Waals surface area contributed by atoms with E-state index in [2.05, 4.69) is 24.2 Å². The van der Waals surface area contributed by atoms with Crippen LogP contribution in [0.4, 0.5) is 5.88 Å². The van der Waals surface area contributed by atoms with E-state index in [1.54, 1.807) is 0 Å². The van der Waals surface area contributed by atoms with E-state index in [9.17, 15) is 0 Å². The molecule has 1 aromatic heterocycles. The zero-order valence-corrected chi connectivity index (χ0v) is 8.95. The molecule has 0 spiro atoms. The predicted molar refractivity (Wildman–Crippen MR) is 60.5 cm³/mol. The van der Waals surface area contributed by atoms with Crippen LogP contribution in [0.25, 0.3) is 11.3 Å². The molecule has 78 valence electrons. The summed E-state index contributed by atoms with van der Waals surface area (Å²) in [7, 11) is 0. The summed E-state index contributed by atoms with van der Waals surface area (Å²) in [6.45, 7) is 4.10. The summed E-state index contributed by atoms with van der Waals surface area (Å²) >= 11 is 0. The molecule has 0 bridgehead atoms. The maximum atomic E-state index is 5.70. The van der Waals surface area contributed by atoms with Gasteiger partial charge in [0.25, 0.3) is 0 Å². The van der Waals surface area contributed by atoms with Crippen LogP contribution in [0.15, 0.2) is 28.8 Å². The Kier molecular flexibility index (Phi) is 2.46. The number of benzene rings is 1. The van der Waals surface area contributed by atoms with Gasteiger partial charge in [-0.15, -0.1) is 0 Å². The molecule has 3 heteroatoms. The van der Waals surface area contributed by atoms with Crippen molar-refractivity contribution in [2.45, 2.75) is 20.3 Å². The van der Waals surface area contributed by atoms with Gasteiger partial charge in [-0.25, -0.2) is 0 Å². The third-order valence-electron chi connectivity index (χ3n) is 2.46. The molecule has 0 aliphatic rings. The lowest BCUT2D eigenvalue weighted by Crippen LogP contribution is -1.90. The molecule has 0 aliphatic heterocycles. The van der Waals surface area contributed by atoms with Crippen molar-refractivity contribution in [1.82, 2.24) is 5.16 Å². The fraction of sp³-hybridized carbons (Fsp3) is 0.250. The molecular weight excluding hydrogens is 188 g/mol. The number of nitrogen functional groups attached to an aromatic ring is 1. The summed E-state index contributed by atoms with van der Waals surface area (Å²) in [6.07, 6.45) is 0.832. The number of nitrogens with two attached hydrogens (primary N) is 1. The highest BCUT2D eigenvalue weighted by atomic mass is 16.5. The Morgan fingerprint density at radius 3 is 2.87 bits per heavy atom. The van der Waals surface area contributed by atoms with Crippen molar-refractivity contribution in [3.8, 4) is 11.3 Å². The van der Waals surface area contributed by atoms with Gasteiger partial charge >= 0.3 is 0 Å². The smallest absolute Gasteiger partial charge is 0.225 e. The average molecular weight is 202 g/mol. The molecule has 0 amide bonds. The average Bonchev–Trinajstić information content (AvgIpc) is 2.59. The number of aryl methyl sites for hydroxylation is 1. The van der Waals surface area contributed by atoms with Crippen molar-refractivity contribution in [3.63, 3.8) is 0 Å². The van der Waals surface area contributed by atoms with Gasteiger partial charge in [-0.1, -0.05) is 35.8 Å². The molecule has 1 heterocycles. The highest BCUT2D eigenvalue weighted by Crippen LogP contribution is 2.27. The molecule has 1 aromatic carbocycles. The lowest BCUT2D eigenvalue weighted by Gasteiger charge is -2.00. The van der Waals surface area contributed by atoms with Gasteiger partial charge in [0, 0.05) is 11.1 Å². The molecule has 3 nitrogen and oxygen atoms in total. The summed E-state index contributed by atoms with van der Waals surface area (Å²) < 4.78 is 5.01. The van der Waals surface area contributed by atoms with Crippen LogP contribution in [0, 0.1) is 6.92 Å². The molecule has 2 N–H and O–H groups in total. The van der Waals surface area contributed by atoms with Crippen LogP contribution in [-0.4, -0.2) is 5.16 Å². The fourth-order valence-electron chi connectivity index (χ4n) is 1.68. The number of rotatable bonds is 2. The topological polar surface area (TPSA) is 52.0 Å². The molecule has 0 unspecified atom stereocenters. The zero-order chi connectivity index (χ0) is 10.8. The summed E-state index contributed by atoms with van der Waals surface area (Å²) in [5.41, 5.74) is 9.81. The first-order valence-corrected chi connectivity index (χ1v) is 5.03. The second kappa shape index (κ2) is 3.77. The standard InChI is InChI=1S/C12H14N2O/c1-3-10-11(14-15-12(10)13)9-6-4-5-8(2)7-9/h4-7H,3,13H2,1-2H3. The molecule has 0 aliphatic carbocycles. The van der Waals surface area contributed by atoms with Crippen LogP contribution in [0.5, 0.6) is 0 Å². The quantitative estimate of drug-likeness (QED) is 0.814. The van der Waals surface area contributed by atoms with Crippen LogP contribution in [0.3, 0.4) is 0 Å². The van der Waals surface area contributed by atoms with E-state index >= 15 is 0 Å². The van der Waals surface area contributed by atoms with Gasteiger partial charge in [0.15, 0.2) is 0 Å². The maximum Gasteiger partial charge on any atom is 0.225 e. The number of hydrogen-bond acceptors (Lipinski definition) is 3. The molecule has 0 atom stereocenters. The monoisotopic (exact) mass is 202 g/mol. The SMILES string of the molecule is CCc1c(-c2cccc(C)c2)noc1N. The van der Waals surface area contributed by atoms with Crippen LogP contribution >= 0.6 is 0 Å². The summed E-state index contributed by atoms with van der Waals surface area (Å²) in [6, 6.07) is 8.16. The second-order valence-corrected chi connectivity index (χ2v) is 3.60. The molecule has 2 rings (SSSR count). The first kappa shape index (κ1) is 9.77. The Morgan fingerprint density at radius 2 is 2.20 bits per heavy atom. The van der Waals surface area contributed by atoms with Crippen molar-refractivity contribution in [1.29, 1.82) is 0 Å². The van der Waals surface area contributed by atoms with E-state index in [4.69, 9.17) is 10.3 Å². The van der Waals surface area contributed by atoms with Crippen molar-refractivity contribution in [2.24, 2.45) is 0 Å². The van der Waals surface area contributed by atoms with Crippen LogP contribution in [0.1, 0.15) is 18.1 Å². The maximum absolute atomic E-state index is 5.70. The minimum atomic E-state index is 0.425. The Morgan fingerprint density at radius 1 is 1.40 bits per heavy atom. The Labute approximate surface area is 88.9 Å². The lowest BCUT2D eigenvalue weighted by atomic mass is 10.0. The van der Waals surface area contributed by atoms with Gasteiger partial charge < -0.3 is 10.3 Å². The molecule has 2 aromatic rings. The van der Waals surface area contributed by atoms with E-state index in [0.29, 0.717) is 5.88 Å². The van der Waals surface area contributed by atoms with Crippen molar-refractivity contribution >= 4 is 5.88 Å². The number of aromatic nitrogens is 1. The van der Waals surface area contributed by atoms with E-state index < -0.39 is 0 Å². The van der Waals surface area contributed by atoms with Gasteiger partial charge in [-0.05, 0) is 19.4 Å². The van der Waals surface area contributed by atoms with E-state index in [-0.39, 0.29) is 0 Å². The predicted octanol–water partition coefficient (Wildman–Crippen LogP) is 2.79. The van der Waals surface area contributed by atoms with Crippen LogP contribution in [0.2, 0.25) is 0 Å². The molecule has 0 radical (unpaired) electrons. The van der Waals surface area contributed by atoms with Gasteiger partial charge in [0.05, 0.1) is 0 Å². The largest absolute Gasteiger partial charge is 0.367 e. The molecule has 0 saturated carbocycles. The first-order chi connectivity index (χ1) is 7.22. The number of anilines is 1. The van der Waals surface area contributed by atoms with Gasteiger partial charge in [0.1, 0.15) is 5.69 Å². The van der Waals surface area contributed by atoms with Gasteiger partial charge in [-0.3, -0.25) is 0 Å². The number of nitrogens with zero attached hydrogens (tertiary/aromatic N) is 1. The summed E-state index contributed by atoms with van der Waals surface area (Å²) in [5.74, 6) is 0.425. The van der Waals surface area contributed by atoms with Gasteiger partial charge in [0.2, 0.25) is 5.88 Å². The lowest BCUT2D eigenvalue weighted by molar-refractivity contribution is 0.438. The fourth-order valence-corrected chi connectivity index (χ4v) is 1.68. The minimum absolute atomic E-state index is 0.425. The molecule has 15 heavy (non-hydrogen) atoms. The van der Waals surface area contributed by atoms with Crippen molar-refractivity contribution in [3.05, 3.63) is 35.4 Å². The van der Waals surface area contributed by atoms with Crippen LogP contribution in [-0.2, 0) is 6.42 Å². The van der Waals surface area contributed by atoms with Gasteiger partial charge in [-0.2, -0.15) is 0 Å². The molecule has 0 fully saturated rings. The Balaban J connectivity index is 2.54. The Bertz CT molecular complexity index is 474. The normalized spacial score (nSPS) is 10.5. The minimum Gasteiger partial charge on any atom is -0.367 e. The summed E-state index contributed by atoms with van der Waals surface area (Å²) in [4.78, 5) is 0. The third kappa shape index (κ3) is 1.73. The highest BCUT2D eigenvalue weighted by molar-refractivity contribution is 5.67. The third-order valence-corrected chi connectivity index (χ3v) is 2.46. The Hall–Kier alpha value is -1.77. The molecular formula is C12H14N2O. The van der Waals surface area contributed by atoms with E-state index in [1.165, 1.54) is 5.56 Å². The summed E-state index contributed by atoms with van der Waals surface area (Å²) in [5, 5.41) is 4.00. The first-order valence-electron chi connectivity index (χ1n) is 5.03. The van der Waals surface area contributed by atoms with Crippen molar-refractivity contribution < 1.29 is 4.52 Å². The van der Waals surface area contributed by atoms with Crippen molar-refractivity contribution in [2.75, 3.05) is 5.73 Å². The second-order valence-electron chi connectivity index (χ2n) is 3.60. The van der Waals surface area contributed by atoms with E-state index in [1.807, 2.05) is 19.1 Å².